The normalized spacial score (nSPS) is 14.1. The molecule has 1 aliphatic rings. The smallest absolute Gasteiger partial charge is 0.253 e. The van der Waals surface area contributed by atoms with Crippen LogP contribution in [0.15, 0.2) is 54.6 Å². The van der Waals surface area contributed by atoms with Gasteiger partial charge in [0.15, 0.2) is 0 Å². The Kier molecular flexibility index (Phi) is 8.98. The van der Waals surface area contributed by atoms with Crippen LogP contribution in [0.2, 0.25) is 0 Å². The van der Waals surface area contributed by atoms with Crippen molar-refractivity contribution in [2.24, 2.45) is 0 Å². The lowest BCUT2D eigenvalue weighted by molar-refractivity contribution is -0.134. The fourth-order valence-corrected chi connectivity index (χ4v) is 4.18. The van der Waals surface area contributed by atoms with Crippen LogP contribution in [-0.2, 0) is 4.79 Å². The summed E-state index contributed by atoms with van der Waals surface area (Å²) in [5, 5.41) is 2.78. The fraction of sp³-hybridized carbons (Fsp3) is 0.423. The quantitative estimate of drug-likeness (QED) is 0.586. The highest BCUT2D eigenvalue weighted by atomic mass is 19.1. The van der Waals surface area contributed by atoms with Crippen molar-refractivity contribution < 1.29 is 18.8 Å². The molecule has 1 N–H and O–H groups in total. The molecule has 3 rings (SSSR count). The van der Waals surface area contributed by atoms with Gasteiger partial charge in [-0.1, -0.05) is 25.1 Å². The number of hydrogen-bond acceptors (Lipinski definition) is 3. The molecule has 7 heteroatoms. The molecule has 0 bridgehead atoms. The summed E-state index contributed by atoms with van der Waals surface area (Å²) in [6.45, 7) is 4.40. The van der Waals surface area contributed by atoms with Crippen LogP contribution >= 0.6 is 0 Å². The van der Waals surface area contributed by atoms with Gasteiger partial charge in [-0.3, -0.25) is 14.4 Å². The SMILES string of the molecule is CCCN(C(=O)CCCNC(=O)c1ccc(F)cc1)C1CCN(C(=O)c2ccccc2)CC1. The Hall–Kier alpha value is -3.22. The van der Waals surface area contributed by atoms with Gasteiger partial charge in [-0.2, -0.15) is 0 Å². The van der Waals surface area contributed by atoms with E-state index in [0.29, 0.717) is 50.1 Å². The van der Waals surface area contributed by atoms with E-state index in [9.17, 15) is 18.8 Å². The van der Waals surface area contributed by atoms with E-state index in [1.807, 2.05) is 40.1 Å². The number of carbonyl (C=O) groups excluding carboxylic acids is 3. The molecule has 1 heterocycles. The lowest BCUT2D eigenvalue weighted by Gasteiger charge is -2.38. The molecule has 33 heavy (non-hydrogen) atoms. The van der Waals surface area contributed by atoms with Crippen LogP contribution in [-0.4, -0.2) is 59.7 Å². The van der Waals surface area contributed by atoms with Crippen LogP contribution < -0.4 is 5.32 Å². The first-order chi connectivity index (χ1) is 16.0. The number of likely N-dealkylation sites (tertiary alicyclic amines) is 1. The summed E-state index contributed by atoms with van der Waals surface area (Å²) in [6, 6.07) is 14.8. The van der Waals surface area contributed by atoms with Crippen LogP contribution in [0, 0.1) is 5.82 Å². The molecule has 0 atom stereocenters. The first-order valence-corrected chi connectivity index (χ1v) is 11.7. The van der Waals surface area contributed by atoms with Crippen LogP contribution in [0.25, 0.3) is 0 Å². The number of amides is 3. The van der Waals surface area contributed by atoms with E-state index in [0.717, 1.165) is 19.3 Å². The predicted molar refractivity (Wildman–Crippen MR) is 125 cm³/mol. The van der Waals surface area contributed by atoms with E-state index < -0.39 is 0 Å². The van der Waals surface area contributed by atoms with Gasteiger partial charge in [0.25, 0.3) is 11.8 Å². The zero-order valence-electron chi connectivity index (χ0n) is 19.1. The van der Waals surface area contributed by atoms with Crippen LogP contribution in [0.1, 0.15) is 59.7 Å². The second-order valence-electron chi connectivity index (χ2n) is 8.34. The Morgan fingerprint density at radius 1 is 1.00 bits per heavy atom. The lowest BCUT2D eigenvalue weighted by atomic mass is 10.0. The molecule has 0 saturated carbocycles. The molecule has 0 radical (unpaired) electrons. The van der Waals surface area contributed by atoms with Crippen molar-refractivity contribution in [3.63, 3.8) is 0 Å². The lowest BCUT2D eigenvalue weighted by Crippen LogP contribution is -2.49. The molecule has 0 aliphatic carbocycles. The third-order valence-electron chi connectivity index (χ3n) is 5.96. The maximum atomic E-state index is 13.0. The van der Waals surface area contributed by atoms with E-state index in [2.05, 4.69) is 12.2 Å². The van der Waals surface area contributed by atoms with Gasteiger partial charge in [0.2, 0.25) is 5.91 Å². The van der Waals surface area contributed by atoms with Crippen LogP contribution in [0.3, 0.4) is 0 Å². The van der Waals surface area contributed by atoms with Gasteiger partial charge < -0.3 is 15.1 Å². The maximum Gasteiger partial charge on any atom is 0.253 e. The standard InChI is InChI=1S/C26H32FN3O3/c1-2-17-30(23-14-18-29(19-15-23)26(33)21-7-4-3-5-8-21)24(31)9-6-16-28-25(32)20-10-12-22(27)13-11-20/h3-5,7-8,10-13,23H,2,6,9,14-19H2,1H3,(H,28,32). The zero-order valence-corrected chi connectivity index (χ0v) is 19.1. The second-order valence-corrected chi connectivity index (χ2v) is 8.34. The first kappa shape index (κ1) is 24.4. The molecule has 1 aliphatic heterocycles. The van der Waals surface area contributed by atoms with Gasteiger partial charge in [-0.05, 0) is 62.1 Å². The minimum absolute atomic E-state index is 0.0410. The Morgan fingerprint density at radius 2 is 1.67 bits per heavy atom. The van der Waals surface area contributed by atoms with Crippen molar-refractivity contribution in [3.05, 3.63) is 71.5 Å². The van der Waals surface area contributed by atoms with Gasteiger partial charge in [0.1, 0.15) is 5.82 Å². The van der Waals surface area contributed by atoms with Crippen LogP contribution in [0.5, 0.6) is 0 Å². The molecule has 0 unspecified atom stereocenters. The molecular weight excluding hydrogens is 421 g/mol. The van der Waals surface area contributed by atoms with Gasteiger partial charge in [0, 0.05) is 49.8 Å². The number of benzene rings is 2. The molecule has 2 aromatic rings. The van der Waals surface area contributed by atoms with Gasteiger partial charge in [0.05, 0.1) is 0 Å². The Balaban J connectivity index is 1.44. The van der Waals surface area contributed by atoms with E-state index in [-0.39, 0.29) is 29.6 Å². The monoisotopic (exact) mass is 453 g/mol. The molecule has 2 aromatic carbocycles. The highest BCUT2D eigenvalue weighted by Gasteiger charge is 2.29. The fourth-order valence-electron chi connectivity index (χ4n) is 4.18. The van der Waals surface area contributed by atoms with Crippen molar-refractivity contribution >= 4 is 17.7 Å². The number of nitrogens with zero attached hydrogens (tertiary/aromatic N) is 2. The Labute approximate surface area is 194 Å². The minimum Gasteiger partial charge on any atom is -0.352 e. The third-order valence-corrected chi connectivity index (χ3v) is 5.96. The molecule has 0 aromatic heterocycles. The average molecular weight is 454 g/mol. The molecule has 1 saturated heterocycles. The molecule has 176 valence electrons. The molecule has 3 amide bonds. The summed E-state index contributed by atoms with van der Waals surface area (Å²) in [5.41, 5.74) is 1.09. The molecule has 6 nitrogen and oxygen atoms in total. The highest BCUT2D eigenvalue weighted by Crippen LogP contribution is 2.20. The number of hydrogen-bond donors (Lipinski definition) is 1. The summed E-state index contributed by atoms with van der Waals surface area (Å²) >= 11 is 0. The van der Waals surface area contributed by atoms with E-state index in [1.54, 1.807) is 0 Å². The Morgan fingerprint density at radius 3 is 2.30 bits per heavy atom. The van der Waals surface area contributed by atoms with Crippen molar-refractivity contribution in [1.29, 1.82) is 0 Å². The number of nitrogens with one attached hydrogen (secondary N) is 1. The third kappa shape index (κ3) is 6.88. The number of rotatable bonds is 9. The summed E-state index contributed by atoms with van der Waals surface area (Å²) in [4.78, 5) is 41.5. The summed E-state index contributed by atoms with van der Waals surface area (Å²) in [7, 11) is 0. The highest BCUT2D eigenvalue weighted by molar-refractivity contribution is 5.94. The van der Waals surface area contributed by atoms with Crippen molar-refractivity contribution in [2.75, 3.05) is 26.2 Å². The topological polar surface area (TPSA) is 69.7 Å². The number of piperidine rings is 1. The van der Waals surface area contributed by atoms with Crippen molar-refractivity contribution in [1.82, 2.24) is 15.1 Å². The minimum atomic E-state index is -0.386. The predicted octanol–water partition coefficient (Wildman–Crippen LogP) is 3.88. The Bertz CT molecular complexity index is 926. The summed E-state index contributed by atoms with van der Waals surface area (Å²) in [5.74, 6) is -0.535. The van der Waals surface area contributed by atoms with Gasteiger partial charge in [-0.15, -0.1) is 0 Å². The van der Waals surface area contributed by atoms with Crippen molar-refractivity contribution in [3.8, 4) is 0 Å². The summed E-state index contributed by atoms with van der Waals surface area (Å²) in [6.07, 6.45) is 3.30. The first-order valence-electron chi connectivity index (χ1n) is 11.7. The number of halogens is 1. The largest absolute Gasteiger partial charge is 0.352 e. The molecular formula is C26H32FN3O3. The maximum absolute atomic E-state index is 13.0. The van der Waals surface area contributed by atoms with Gasteiger partial charge in [-0.25, -0.2) is 4.39 Å². The molecule has 1 fully saturated rings. The van der Waals surface area contributed by atoms with Gasteiger partial charge >= 0.3 is 0 Å². The van der Waals surface area contributed by atoms with E-state index in [1.165, 1.54) is 24.3 Å². The zero-order chi connectivity index (χ0) is 23.6. The van der Waals surface area contributed by atoms with Crippen LogP contribution in [0.4, 0.5) is 4.39 Å². The van der Waals surface area contributed by atoms with Crippen molar-refractivity contribution in [2.45, 2.75) is 45.1 Å². The van der Waals surface area contributed by atoms with E-state index in [4.69, 9.17) is 0 Å². The number of carbonyl (C=O) groups is 3. The average Bonchev–Trinajstić information content (AvgIpc) is 2.85. The molecule has 0 spiro atoms. The second kappa shape index (κ2) is 12.1. The summed E-state index contributed by atoms with van der Waals surface area (Å²) < 4.78 is 13.0. The van der Waals surface area contributed by atoms with E-state index >= 15 is 0 Å².